The first kappa shape index (κ1) is 26.5. The van der Waals surface area contributed by atoms with E-state index in [9.17, 15) is 15.0 Å². The summed E-state index contributed by atoms with van der Waals surface area (Å²) in [7, 11) is 0. The number of benzene rings is 2. The number of amides is 1. The molecule has 1 aromatic heterocycles. The number of morpholine rings is 1. The molecule has 1 amide bonds. The highest BCUT2D eigenvalue weighted by Gasteiger charge is 2.27. The fourth-order valence-corrected chi connectivity index (χ4v) is 4.17. The number of carbonyl (C=O) groups is 1. The second-order valence-electron chi connectivity index (χ2n) is 8.76. The molecule has 3 N–H and O–H groups in total. The summed E-state index contributed by atoms with van der Waals surface area (Å²) in [6, 6.07) is 10.9. The molecular formula is C26H32ClN3O5. The molecular weight excluding hydrogens is 470 g/mol. The Hall–Kier alpha value is -3.07. The number of halogens is 1. The Kier molecular flexibility index (Phi) is 8.77. The van der Waals surface area contributed by atoms with Gasteiger partial charge < -0.3 is 24.8 Å². The number of rotatable bonds is 7. The maximum atomic E-state index is 12.8. The van der Waals surface area contributed by atoms with E-state index in [4.69, 9.17) is 9.26 Å². The number of aromatic hydroxyl groups is 2. The van der Waals surface area contributed by atoms with Gasteiger partial charge in [-0.15, -0.1) is 12.4 Å². The number of phenolic OH excluding ortho intramolecular Hbond substituents is 2. The van der Waals surface area contributed by atoms with Gasteiger partial charge in [0.2, 0.25) is 0 Å². The number of carbonyl (C=O) groups excluding carboxylic acids is 1. The van der Waals surface area contributed by atoms with Gasteiger partial charge in [-0.3, -0.25) is 9.69 Å². The van der Waals surface area contributed by atoms with E-state index in [1.54, 1.807) is 6.07 Å². The van der Waals surface area contributed by atoms with E-state index in [-0.39, 0.29) is 47.2 Å². The average Bonchev–Trinajstić information content (AvgIpc) is 3.25. The molecule has 35 heavy (non-hydrogen) atoms. The molecule has 0 aliphatic carbocycles. The molecule has 0 radical (unpaired) electrons. The highest BCUT2D eigenvalue weighted by Crippen LogP contribution is 2.43. The van der Waals surface area contributed by atoms with Crippen LogP contribution in [-0.4, -0.2) is 59.0 Å². The van der Waals surface area contributed by atoms with Crippen molar-refractivity contribution in [2.24, 2.45) is 0 Å². The molecule has 1 fully saturated rings. The van der Waals surface area contributed by atoms with Gasteiger partial charge in [-0.05, 0) is 35.6 Å². The summed E-state index contributed by atoms with van der Waals surface area (Å²) in [5.41, 5.74) is 3.59. The number of hydrogen-bond acceptors (Lipinski definition) is 7. The van der Waals surface area contributed by atoms with Gasteiger partial charge in [0.25, 0.3) is 5.91 Å². The predicted octanol–water partition coefficient (Wildman–Crippen LogP) is 4.55. The van der Waals surface area contributed by atoms with Crippen molar-refractivity contribution in [2.75, 3.05) is 32.8 Å². The van der Waals surface area contributed by atoms with Gasteiger partial charge in [-0.2, -0.15) is 0 Å². The van der Waals surface area contributed by atoms with Crippen molar-refractivity contribution in [1.82, 2.24) is 15.4 Å². The largest absolute Gasteiger partial charge is 0.508 e. The SMILES string of the molecule is CCNC(=O)c1noc(-c2cc(C(C)C)c(O)cc2O)c1-c1ccc(CN2CCOCC2)cc1.Cl. The number of aromatic nitrogens is 1. The average molecular weight is 502 g/mol. The number of nitrogens with zero attached hydrogens (tertiary/aromatic N) is 2. The van der Waals surface area contributed by atoms with E-state index >= 15 is 0 Å². The Bertz CT molecular complexity index is 1150. The van der Waals surface area contributed by atoms with E-state index in [0.717, 1.165) is 44.0 Å². The van der Waals surface area contributed by atoms with Crippen molar-refractivity contribution >= 4 is 18.3 Å². The molecule has 0 atom stereocenters. The first-order chi connectivity index (χ1) is 16.4. The maximum absolute atomic E-state index is 12.8. The van der Waals surface area contributed by atoms with Crippen LogP contribution in [0.25, 0.3) is 22.5 Å². The van der Waals surface area contributed by atoms with Gasteiger partial charge in [0.05, 0.1) is 24.3 Å². The Morgan fingerprint density at radius 1 is 1.11 bits per heavy atom. The maximum Gasteiger partial charge on any atom is 0.274 e. The summed E-state index contributed by atoms with van der Waals surface area (Å²) in [5, 5.41) is 27.7. The summed E-state index contributed by atoms with van der Waals surface area (Å²) in [5.74, 6) is -0.193. The first-order valence-electron chi connectivity index (χ1n) is 11.6. The van der Waals surface area contributed by atoms with Crippen LogP contribution in [0, 0.1) is 0 Å². The second-order valence-corrected chi connectivity index (χ2v) is 8.76. The second kappa shape index (κ2) is 11.6. The molecule has 0 bridgehead atoms. The monoisotopic (exact) mass is 501 g/mol. The van der Waals surface area contributed by atoms with Crippen molar-refractivity contribution < 1.29 is 24.3 Å². The van der Waals surface area contributed by atoms with Gasteiger partial charge in [-0.25, -0.2) is 0 Å². The molecule has 3 aromatic rings. The van der Waals surface area contributed by atoms with E-state index in [1.165, 1.54) is 6.07 Å². The molecule has 1 aliphatic heterocycles. The lowest BCUT2D eigenvalue weighted by atomic mass is 9.94. The third kappa shape index (κ3) is 5.78. The molecule has 2 heterocycles. The minimum atomic E-state index is -0.354. The highest BCUT2D eigenvalue weighted by atomic mass is 35.5. The zero-order valence-corrected chi connectivity index (χ0v) is 21.0. The van der Waals surface area contributed by atoms with Crippen LogP contribution in [0.5, 0.6) is 11.5 Å². The summed E-state index contributed by atoms with van der Waals surface area (Å²) in [4.78, 5) is 15.1. The molecule has 188 valence electrons. The summed E-state index contributed by atoms with van der Waals surface area (Å²) < 4.78 is 11.1. The molecule has 1 saturated heterocycles. The summed E-state index contributed by atoms with van der Waals surface area (Å²) in [6.45, 7) is 10.3. The fraction of sp³-hybridized carbons (Fsp3) is 0.385. The Labute approximate surface area is 211 Å². The molecule has 2 aromatic carbocycles. The topological polar surface area (TPSA) is 108 Å². The first-order valence-corrected chi connectivity index (χ1v) is 11.6. The van der Waals surface area contributed by atoms with Crippen LogP contribution in [0.4, 0.5) is 0 Å². The lowest BCUT2D eigenvalue weighted by Crippen LogP contribution is -2.35. The Balaban J connectivity index is 0.00000342. The van der Waals surface area contributed by atoms with E-state index in [1.807, 2.05) is 45.0 Å². The van der Waals surface area contributed by atoms with Crippen LogP contribution in [0.2, 0.25) is 0 Å². The molecule has 1 aliphatic rings. The van der Waals surface area contributed by atoms with Crippen LogP contribution in [0.3, 0.4) is 0 Å². The van der Waals surface area contributed by atoms with E-state index in [2.05, 4.69) is 15.4 Å². The van der Waals surface area contributed by atoms with Gasteiger partial charge >= 0.3 is 0 Å². The van der Waals surface area contributed by atoms with Gasteiger partial charge in [0.1, 0.15) is 11.5 Å². The van der Waals surface area contributed by atoms with Crippen molar-refractivity contribution in [1.29, 1.82) is 0 Å². The lowest BCUT2D eigenvalue weighted by molar-refractivity contribution is 0.0342. The normalized spacial score (nSPS) is 14.1. The zero-order valence-electron chi connectivity index (χ0n) is 20.2. The molecule has 4 rings (SSSR count). The third-order valence-electron chi connectivity index (χ3n) is 6.01. The van der Waals surface area contributed by atoms with Crippen molar-refractivity contribution in [3.8, 4) is 33.9 Å². The quantitative estimate of drug-likeness (QED) is 0.436. The number of hydrogen-bond donors (Lipinski definition) is 3. The van der Waals surface area contributed by atoms with E-state index < -0.39 is 0 Å². The molecule has 0 spiro atoms. The Morgan fingerprint density at radius 3 is 2.43 bits per heavy atom. The van der Waals surface area contributed by atoms with Crippen molar-refractivity contribution in [3.05, 3.63) is 53.2 Å². The third-order valence-corrected chi connectivity index (χ3v) is 6.01. The smallest absolute Gasteiger partial charge is 0.274 e. The van der Waals surface area contributed by atoms with Crippen LogP contribution < -0.4 is 5.32 Å². The highest BCUT2D eigenvalue weighted by molar-refractivity contribution is 6.02. The number of ether oxygens (including phenoxy) is 1. The predicted molar refractivity (Wildman–Crippen MR) is 136 cm³/mol. The number of nitrogens with one attached hydrogen (secondary N) is 1. The van der Waals surface area contributed by atoms with E-state index in [0.29, 0.717) is 23.2 Å². The van der Waals surface area contributed by atoms with Crippen LogP contribution >= 0.6 is 12.4 Å². The van der Waals surface area contributed by atoms with Crippen molar-refractivity contribution in [2.45, 2.75) is 33.2 Å². The van der Waals surface area contributed by atoms with Crippen LogP contribution in [0.1, 0.15) is 48.3 Å². The number of phenols is 2. The van der Waals surface area contributed by atoms with Crippen molar-refractivity contribution in [3.63, 3.8) is 0 Å². The molecule has 0 saturated carbocycles. The summed E-state index contributed by atoms with van der Waals surface area (Å²) in [6.07, 6.45) is 0. The summed E-state index contributed by atoms with van der Waals surface area (Å²) >= 11 is 0. The van der Waals surface area contributed by atoms with Gasteiger partial charge in [0, 0.05) is 32.2 Å². The van der Waals surface area contributed by atoms with Gasteiger partial charge in [-0.1, -0.05) is 43.3 Å². The lowest BCUT2D eigenvalue weighted by Gasteiger charge is -2.26. The van der Waals surface area contributed by atoms with Gasteiger partial charge in [0.15, 0.2) is 11.5 Å². The van der Waals surface area contributed by atoms with Crippen LogP contribution in [-0.2, 0) is 11.3 Å². The van der Waals surface area contributed by atoms with Crippen LogP contribution in [0.15, 0.2) is 40.9 Å². The molecule has 8 nitrogen and oxygen atoms in total. The minimum Gasteiger partial charge on any atom is -0.508 e. The minimum absolute atomic E-state index is 0. The fourth-order valence-electron chi connectivity index (χ4n) is 4.17. The standard InChI is InChI=1S/C26H31N3O5.ClH/c1-4-27-26(32)24-23(18-7-5-17(6-8-18)15-29-9-11-33-12-10-29)25(34-28-24)20-13-19(16(2)3)21(30)14-22(20)31;/h5-8,13-14,16,30-31H,4,9-12,15H2,1-3H3,(H,27,32);1H. The zero-order chi connectivity index (χ0) is 24.2. The molecule has 0 unspecified atom stereocenters. The molecule has 9 heteroatoms. The Morgan fingerprint density at radius 2 is 1.80 bits per heavy atom.